The molecule has 0 radical (unpaired) electrons. The number of rotatable bonds is 6. The van der Waals surface area contributed by atoms with Crippen LogP contribution in [0.1, 0.15) is 66.7 Å². The van der Waals surface area contributed by atoms with Crippen LogP contribution >= 0.6 is 0 Å². The lowest BCUT2D eigenvalue weighted by atomic mass is 9.55. The zero-order valence-electron chi connectivity index (χ0n) is 11.4. The minimum Gasteiger partial charge on any atom is -0.0651 e. The van der Waals surface area contributed by atoms with Crippen molar-refractivity contribution in [2.45, 2.75) is 66.7 Å². The third-order valence-electron chi connectivity index (χ3n) is 5.26. The lowest BCUT2D eigenvalue weighted by molar-refractivity contribution is -0.0102. The van der Waals surface area contributed by atoms with Crippen LogP contribution in [0.2, 0.25) is 0 Å². The second-order valence-corrected chi connectivity index (χ2v) is 5.71. The van der Waals surface area contributed by atoms with Gasteiger partial charge in [-0.15, -0.1) is 0 Å². The Balaban J connectivity index is 2.32. The Hall–Kier alpha value is 0. The van der Waals surface area contributed by atoms with E-state index in [9.17, 15) is 0 Å². The van der Waals surface area contributed by atoms with Gasteiger partial charge >= 0.3 is 0 Å². The van der Waals surface area contributed by atoms with E-state index in [1.807, 2.05) is 0 Å². The molecule has 0 nitrogen and oxygen atoms in total. The fourth-order valence-corrected chi connectivity index (χ4v) is 3.69. The van der Waals surface area contributed by atoms with E-state index in [1.54, 1.807) is 0 Å². The lowest BCUT2D eigenvalue weighted by Gasteiger charge is -2.50. The smallest absolute Gasteiger partial charge is 0.0355 e. The Bertz CT molecular complexity index is 169. The van der Waals surface area contributed by atoms with Crippen molar-refractivity contribution in [3.8, 4) is 0 Å². The Morgan fingerprint density at radius 3 is 1.87 bits per heavy atom. The van der Waals surface area contributed by atoms with Crippen LogP contribution in [0.15, 0.2) is 0 Å². The maximum atomic E-state index is 2.47. The third-order valence-corrected chi connectivity index (χ3v) is 5.26. The molecule has 0 N–H and O–H groups in total. The van der Waals surface area contributed by atoms with E-state index in [0.29, 0.717) is 0 Å². The molecule has 0 heterocycles. The molecule has 90 valence electrons. The zero-order valence-corrected chi connectivity index (χ0v) is 11.4. The van der Waals surface area contributed by atoms with Crippen molar-refractivity contribution < 1.29 is 0 Å². The van der Waals surface area contributed by atoms with E-state index >= 15 is 0 Å². The average Bonchev–Trinajstić information content (AvgIpc) is 2.27. The molecule has 1 aliphatic carbocycles. The van der Waals surface area contributed by atoms with Crippen LogP contribution in [0.5, 0.6) is 0 Å². The summed E-state index contributed by atoms with van der Waals surface area (Å²) in [5.41, 5.74) is 0. The molecule has 1 rings (SSSR count). The normalized spacial score (nSPS) is 35.6. The van der Waals surface area contributed by atoms with E-state index in [2.05, 4.69) is 34.6 Å². The van der Waals surface area contributed by atoms with Gasteiger partial charge < -0.3 is 0 Å². The highest BCUT2D eigenvalue weighted by atomic mass is 14.5. The maximum Gasteiger partial charge on any atom is -0.0355 e. The largest absolute Gasteiger partial charge is 0.0651 e. The molecule has 0 spiro atoms. The van der Waals surface area contributed by atoms with Crippen LogP contribution in [0, 0.1) is 29.6 Å². The molecule has 15 heavy (non-hydrogen) atoms. The summed E-state index contributed by atoms with van der Waals surface area (Å²) in [5, 5.41) is 0. The fraction of sp³-hybridized carbons (Fsp3) is 1.00. The van der Waals surface area contributed by atoms with Crippen LogP contribution in [0.3, 0.4) is 0 Å². The Labute approximate surface area is 96.8 Å². The second kappa shape index (κ2) is 5.92. The average molecular weight is 210 g/mol. The van der Waals surface area contributed by atoms with Gasteiger partial charge in [0.2, 0.25) is 0 Å². The maximum absolute atomic E-state index is 2.47. The van der Waals surface area contributed by atoms with Gasteiger partial charge in [-0.1, -0.05) is 60.3 Å². The van der Waals surface area contributed by atoms with Gasteiger partial charge in [0.1, 0.15) is 0 Å². The van der Waals surface area contributed by atoms with Crippen LogP contribution in [0.4, 0.5) is 0 Å². The molecule has 0 aliphatic heterocycles. The van der Waals surface area contributed by atoms with Gasteiger partial charge in [-0.3, -0.25) is 0 Å². The Kier molecular flexibility index (Phi) is 5.15. The molecule has 1 fully saturated rings. The second-order valence-electron chi connectivity index (χ2n) is 5.71. The first-order chi connectivity index (χ1) is 7.15. The summed E-state index contributed by atoms with van der Waals surface area (Å²) in [7, 11) is 0. The molecule has 0 aromatic carbocycles. The Morgan fingerprint density at radius 1 is 0.867 bits per heavy atom. The van der Waals surface area contributed by atoms with E-state index < -0.39 is 0 Å². The first-order valence-corrected chi connectivity index (χ1v) is 7.15. The van der Waals surface area contributed by atoms with Gasteiger partial charge in [0.25, 0.3) is 0 Å². The topological polar surface area (TPSA) is 0 Å². The molecular weight excluding hydrogens is 180 g/mol. The van der Waals surface area contributed by atoms with Gasteiger partial charge in [0.05, 0.1) is 0 Å². The van der Waals surface area contributed by atoms with Gasteiger partial charge in [-0.25, -0.2) is 0 Å². The lowest BCUT2D eigenvalue weighted by Crippen LogP contribution is -2.43. The van der Waals surface area contributed by atoms with Crippen LogP contribution in [0.25, 0.3) is 0 Å². The molecule has 1 saturated carbocycles. The monoisotopic (exact) mass is 210 g/mol. The minimum absolute atomic E-state index is 0.988. The molecule has 4 unspecified atom stereocenters. The highest BCUT2D eigenvalue weighted by molar-refractivity contribution is 4.91. The van der Waals surface area contributed by atoms with Gasteiger partial charge in [0, 0.05) is 0 Å². The highest BCUT2D eigenvalue weighted by Gasteiger charge is 2.42. The molecule has 1 aliphatic rings. The number of hydrogen-bond acceptors (Lipinski definition) is 0. The van der Waals surface area contributed by atoms with Gasteiger partial charge in [-0.05, 0) is 36.0 Å². The molecule has 0 aromatic rings. The van der Waals surface area contributed by atoms with Crippen molar-refractivity contribution in [1.82, 2.24) is 0 Å². The predicted octanol–water partition coefficient (Wildman–Crippen LogP) is 5.13. The van der Waals surface area contributed by atoms with Gasteiger partial charge in [0.15, 0.2) is 0 Å². The molecule has 0 saturated heterocycles. The van der Waals surface area contributed by atoms with Crippen molar-refractivity contribution in [2.75, 3.05) is 0 Å². The summed E-state index contributed by atoms with van der Waals surface area (Å²) in [6.45, 7) is 12.0. The van der Waals surface area contributed by atoms with Crippen molar-refractivity contribution in [2.24, 2.45) is 29.6 Å². The van der Waals surface area contributed by atoms with E-state index in [-0.39, 0.29) is 0 Å². The van der Waals surface area contributed by atoms with E-state index in [4.69, 9.17) is 0 Å². The zero-order chi connectivity index (χ0) is 11.4. The van der Waals surface area contributed by atoms with E-state index in [0.717, 1.165) is 29.6 Å². The summed E-state index contributed by atoms with van der Waals surface area (Å²) in [5.74, 6) is 5.05. The SMILES string of the molecule is CCC(CC)CCC1C(C)C(C)C1CC. The van der Waals surface area contributed by atoms with Crippen molar-refractivity contribution in [1.29, 1.82) is 0 Å². The highest BCUT2D eigenvalue weighted by Crippen LogP contribution is 2.50. The Morgan fingerprint density at radius 2 is 1.40 bits per heavy atom. The molecule has 4 atom stereocenters. The van der Waals surface area contributed by atoms with Crippen LogP contribution < -0.4 is 0 Å². The van der Waals surface area contributed by atoms with Crippen molar-refractivity contribution in [3.63, 3.8) is 0 Å². The summed E-state index contributed by atoms with van der Waals surface area (Å²) in [6.07, 6.45) is 7.13. The first-order valence-electron chi connectivity index (χ1n) is 7.15. The molecule has 0 heteroatoms. The fourth-order valence-electron chi connectivity index (χ4n) is 3.69. The predicted molar refractivity (Wildman–Crippen MR) is 68.9 cm³/mol. The summed E-state index contributed by atoms with van der Waals surface area (Å²) < 4.78 is 0. The minimum atomic E-state index is 0.988. The molecule has 0 bridgehead atoms. The number of hydrogen-bond donors (Lipinski definition) is 0. The molecule has 0 amide bonds. The standard InChI is InChI=1S/C15H30/c1-6-13(7-2)9-10-15-12(5)11(4)14(15)8-3/h11-15H,6-10H2,1-5H3. The van der Waals surface area contributed by atoms with Crippen molar-refractivity contribution >= 4 is 0 Å². The van der Waals surface area contributed by atoms with E-state index in [1.165, 1.54) is 32.1 Å². The molecule has 0 aromatic heterocycles. The quantitative estimate of drug-likeness (QED) is 0.570. The van der Waals surface area contributed by atoms with Gasteiger partial charge in [-0.2, -0.15) is 0 Å². The summed E-state index contributed by atoms with van der Waals surface area (Å²) in [4.78, 5) is 0. The first kappa shape index (κ1) is 13.1. The molecular formula is C15H30. The third kappa shape index (κ3) is 2.77. The summed E-state index contributed by atoms with van der Waals surface area (Å²) >= 11 is 0. The van der Waals surface area contributed by atoms with Crippen LogP contribution in [-0.2, 0) is 0 Å². The summed E-state index contributed by atoms with van der Waals surface area (Å²) in [6, 6.07) is 0. The van der Waals surface area contributed by atoms with Crippen LogP contribution in [-0.4, -0.2) is 0 Å². The van der Waals surface area contributed by atoms with Crippen molar-refractivity contribution in [3.05, 3.63) is 0 Å².